The molecule has 1 aliphatic heterocycles. The molecule has 5 nitrogen and oxygen atoms in total. The summed E-state index contributed by atoms with van der Waals surface area (Å²) in [5.41, 5.74) is 5.12. The minimum absolute atomic E-state index is 0.184. The molecule has 0 amide bonds. The van der Waals surface area contributed by atoms with Crippen molar-refractivity contribution in [2.75, 3.05) is 12.0 Å². The van der Waals surface area contributed by atoms with Gasteiger partial charge in [-0.05, 0) is 24.3 Å². The number of fused-ring (bicyclic) bond motifs is 1. The van der Waals surface area contributed by atoms with E-state index in [-0.39, 0.29) is 5.56 Å². The molecule has 20 heavy (non-hydrogen) atoms. The van der Waals surface area contributed by atoms with Crippen LogP contribution in [0.25, 0.3) is 0 Å². The van der Waals surface area contributed by atoms with Gasteiger partial charge in [0.05, 0.1) is 11.3 Å². The number of hydrazone groups is 1. The smallest absolute Gasteiger partial charge is 0.337 e. The summed E-state index contributed by atoms with van der Waals surface area (Å²) < 4.78 is 5.49. The summed E-state index contributed by atoms with van der Waals surface area (Å²) in [5.74, 6) is -0.198. The van der Waals surface area contributed by atoms with Gasteiger partial charge >= 0.3 is 5.97 Å². The zero-order valence-corrected chi connectivity index (χ0v) is 10.5. The Morgan fingerprint density at radius 1 is 1.15 bits per heavy atom. The minimum Gasteiger partial charge on any atom is -0.487 e. The molecule has 3 rings (SSSR count). The van der Waals surface area contributed by atoms with Crippen molar-refractivity contribution in [1.82, 2.24) is 0 Å². The van der Waals surface area contributed by atoms with Gasteiger partial charge in [0.25, 0.3) is 0 Å². The number of ether oxygens (including phenoxy) is 1. The summed E-state index contributed by atoms with van der Waals surface area (Å²) in [5, 5.41) is 13.4. The second-order valence-electron chi connectivity index (χ2n) is 4.31. The average molecular weight is 268 g/mol. The lowest BCUT2D eigenvalue weighted by Crippen LogP contribution is -2.08. The number of hydrogen-bond donors (Lipinski definition) is 2. The standard InChI is InChI=1S/C15H12N2O3/c18-15(19)11-6-1-3-7-12(11)16-17-13-9-20-14-8-4-2-5-10(13)14/h1-8,16H,9H2,(H,18,19)/b17-13-. The second kappa shape index (κ2) is 5.05. The summed E-state index contributed by atoms with van der Waals surface area (Å²) >= 11 is 0. The lowest BCUT2D eigenvalue weighted by Gasteiger charge is -2.05. The van der Waals surface area contributed by atoms with Gasteiger partial charge < -0.3 is 9.84 Å². The van der Waals surface area contributed by atoms with Crippen LogP contribution in [0.1, 0.15) is 15.9 Å². The highest BCUT2D eigenvalue weighted by Gasteiger charge is 2.18. The van der Waals surface area contributed by atoms with E-state index in [9.17, 15) is 4.79 Å². The van der Waals surface area contributed by atoms with Gasteiger partial charge in [-0.15, -0.1) is 0 Å². The first kappa shape index (κ1) is 12.2. The first-order chi connectivity index (χ1) is 9.75. The molecule has 0 saturated carbocycles. The Bertz CT molecular complexity index is 695. The molecule has 1 heterocycles. The lowest BCUT2D eigenvalue weighted by molar-refractivity contribution is 0.0698. The van der Waals surface area contributed by atoms with Crippen LogP contribution >= 0.6 is 0 Å². The number of nitrogens with one attached hydrogen (secondary N) is 1. The van der Waals surface area contributed by atoms with Gasteiger partial charge in [-0.3, -0.25) is 5.43 Å². The molecule has 0 fully saturated rings. The van der Waals surface area contributed by atoms with Crippen molar-refractivity contribution in [1.29, 1.82) is 0 Å². The second-order valence-corrected chi connectivity index (χ2v) is 4.31. The molecule has 0 saturated heterocycles. The van der Waals surface area contributed by atoms with Gasteiger partial charge in [-0.1, -0.05) is 24.3 Å². The SMILES string of the molecule is O=C(O)c1ccccc1N/N=C1/COc2ccccc21. The lowest BCUT2D eigenvalue weighted by atomic mass is 10.1. The van der Waals surface area contributed by atoms with Crippen molar-refractivity contribution in [3.63, 3.8) is 0 Å². The quantitative estimate of drug-likeness (QED) is 0.839. The number of benzene rings is 2. The van der Waals surface area contributed by atoms with E-state index in [0.717, 1.165) is 17.0 Å². The number of carboxylic acids is 1. The Morgan fingerprint density at radius 3 is 2.75 bits per heavy atom. The fourth-order valence-corrected chi connectivity index (χ4v) is 2.04. The normalized spacial score (nSPS) is 14.7. The van der Waals surface area contributed by atoms with E-state index in [0.29, 0.717) is 12.3 Å². The van der Waals surface area contributed by atoms with Crippen molar-refractivity contribution in [3.05, 3.63) is 59.7 Å². The third-order valence-electron chi connectivity index (χ3n) is 3.03. The number of anilines is 1. The van der Waals surface area contributed by atoms with Crippen molar-refractivity contribution in [2.24, 2.45) is 5.10 Å². The maximum atomic E-state index is 11.1. The van der Waals surface area contributed by atoms with Gasteiger partial charge in [-0.2, -0.15) is 5.10 Å². The summed E-state index contributed by atoms with van der Waals surface area (Å²) in [4.78, 5) is 11.1. The van der Waals surface area contributed by atoms with Crippen LogP contribution in [0.5, 0.6) is 5.75 Å². The number of carboxylic acid groups (broad SMARTS) is 1. The molecular formula is C15H12N2O3. The van der Waals surface area contributed by atoms with Crippen molar-refractivity contribution < 1.29 is 14.6 Å². The van der Waals surface area contributed by atoms with Crippen LogP contribution in [-0.2, 0) is 0 Å². The highest BCUT2D eigenvalue weighted by atomic mass is 16.5. The van der Waals surface area contributed by atoms with E-state index in [4.69, 9.17) is 9.84 Å². The molecule has 0 aliphatic carbocycles. The Kier molecular flexibility index (Phi) is 3.09. The number of hydrogen-bond acceptors (Lipinski definition) is 4. The maximum absolute atomic E-state index is 11.1. The van der Waals surface area contributed by atoms with Crippen molar-refractivity contribution in [2.45, 2.75) is 0 Å². The van der Waals surface area contributed by atoms with E-state index in [1.807, 2.05) is 24.3 Å². The molecule has 100 valence electrons. The van der Waals surface area contributed by atoms with Crippen LogP contribution < -0.4 is 10.2 Å². The van der Waals surface area contributed by atoms with Crippen molar-refractivity contribution >= 4 is 17.4 Å². The van der Waals surface area contributed by atoms with E-state index < -0.39 is 5.97 Å². The summed E-state index contributed by atoms with van der Waals surface area (Å²) in [6.45, 7) is 0.377. The van der Waals surface area contributed by atoms with E-state index in [1.54, 1.807) is 18.2 Å². The van der Waals surface area contributed by atoms with Gasteiger partial charge in [0, 0.05) is 5.56 Å². The van der Waals surface area contributed by atoms with Gasteiger partial charge in [0.15, 0.2) is 0 Å². The molecular weight excluding hydrogens is 256 g/mol. The summed E-state index contributed by atoms with van der Waals surface area (Å²) in [6.07, 6.45) is 0. The third-order valence-corrected chi connectivity index (χ3v) is 3.03. The highest BCUT2D eigenvalue weighted by molar-refractivity contribution is 6.06. The first-order valence-corrected chi connectivity index (χ1v) is 6.13. The fraction of sp³-hybridized carbons (Fsp3) is 0.0667. The highest BCUT2D eigenvalue weighted by Crippen LogP contribution is 2.25. The number of para-hydroxylation sites is 2. The molecule has 5 heteroatoms. The minimum atomic E-state index is -0.989. The Labute approximate surface area is 115 Å². The zero-order chi connectivity index (χ0) is 13.9. The number of carbonyl (C=O) groups is 1. The van der Waals surface area contributed by atoms with E-state index >= 15 is 0 Å². The van der Waals surface area contributed by atoms with Crippen molar-refractivity contribution in [3.8, 4) is 5.75 Å². The molecule has 0 radical (unpaired) electrons. The van der Waals surface area contributed by atoms with E-state index in [2.05, 4.69) is 10.5 Å². The maximum Gasteiger partial charge on any atom is 0.337 e. The number of aromatic carboxylic acids is 1. The van der Waals surface area contributed by atoms with Gasteiger partial charge in [-0.25, -0.2) is 4.79 Å². The topological polar surface area (TPSA) is 70.9 Å². The van der Waals surface area contributed by atoms with Crippen LogP contribution in [0.2, 0.25) is 0 Å². The predicted molar refractivity (Wildman–Crippen MR) is 75.5 cm³/mol. The Hall–Kier alpha value is -2.82. The Morgan fingerprint density at radius 2 is 1.90 bits per heavy atom. The third kappa shape index (κ3) is 2.21. The predicted octanol–water partition coefficient (Wildman–Crippen LogP) is 2.59. The zero-order valence-electron chi connectivity index (χ0n) is 10.5. The molecule has 2 aromatic carbocycles. The van der Waals surface area contributed by atoms with Crippen LogP contribution in [0.15, 0.2) is 53.6 Å². The fourth-order valence-electron chi connectivity index (χ4n) is 2.04. The molecule has 0 aromatic heterocycles. The Balaban J connectivity index is 1.88. The first-order valence-electron chi connectivity index (χ1n) is 6.13. The summed E-state index contributed by atoms with van der Waals surface area (Å²) in [7, 11) is 0. The van der Waals surface area contributed by atoms with Gasteiger partial charge in [0.1, 0.15) is 18.1 Å². The summed E-state index contributed by atoms with van der Waals surface area (Å²) in [6, 6.07) is 14.3. The monoisotopic (exact) mass is 268 g/mol. The molecule has 2 aromatic rings. The van der Waals surface area contributed by atoms with Crippen LogP contribution in [-0.4, -0.2) is 23.4 Å². The molecule has 2 N–H and O–H groups in total. The van der Waals surface area contributed by atoms with Crippen LogP contribution in [0, 0.1) is 0 Å². The van der Waals surface area contributed by atoms with Crippen LogP contribution in [0.4, 0.5) is 5.69 Å². The molecule has 0 atom stereocenters. The molecule has 1 aliphatic rings. The van der Waals surface area contributed by atoms with Gasteiger partial charge in [0.2, 0.25) is 0 Å². The number of rotatable bonds is 3. The molecule has 0 spiro atoms. The van der Waals surface area contributed by atoms with Crippen LogP contribution in [0.3, 0.4) is 0 Å². The average Bonchev–Trinajstić information content (AvgIpc) is 2.88. The largest absolute Gasteiger partial charge is 0.487 e. The molecule has 0 unspecified atom stereocenters. The van der Waals surface area contributed by atoms with E-state index in [1.165, 1.54) is 6.07 Å². The molecule has 0 bridgehead atoms. The number of nitrogens with zero attached hydrogens (tertiary/aromatic N) is 1.